The molecule has 0 aliphatic carbocycles. The molecule has 0 fully saturated rings. The number of aliphatic hydroxyl groups excluding tert-OH is 1. The van der Waals surface area contributed by atoms with Crippen LogP contribution in [0.2, 0.25) is 0 Å². The third-order valence-electron chi connectivity index (χ3n) is 8.93. The summed E-state index contributed by atoms with van der Waals surface area (Å²) in [6, 6.07) is 19.8. The van der Waals surface area contributed by atoms with E-state index in [0.29, 0.717) is 34.8 Å². The van der Waals surface area contributed by atoms with Gasteiger partial charge in [-0.3, -0.25) is 23.4 Å². The van der Waals surface area contributed by atoms with Crippen LogP contribution in [-0.4, -0.2) is 62.8 Å². The number of carbonyl (C=O) groups excluding carboxylic acids is 2. The fourth-order valence-corrected chi connectivity index (χ4v) is 6.71. The minimum atomic E-state index is -0.590. The van der Waals surface area contributed by atoms with Gasteiger partial charge in [0.1, 0.15) is 5.69 Å². The van der Waals surface area contributed by atoms with Crippen LogP contribution >= 0.6 is 15.9 Å². The highest BCUT2D eigenvalue weighted by molar-refractivity contribution is 9.10. The second-order valence-corrected chi connectivity index (χ2v) is 13.5. The molecule has 2 atom stereocenters. The summed E-state index contributed by atoms with van der Waals surface area (Å²) in [6.07, 6.45) is 4.54. The first-order valence-corrected chi connectivity index (χ1v) is 17.1. The normalized spacial score (nSPS) is 14.8. The van der Waals surface area contributed by atoms with Crippen LogP contribution in [0.1, 0.15) is 51.5 Å². The summed E-state index contributed by atoms with van der Waals surface area (Å²) in [5.74, 6) is -0.119. The number of hydrogen-bond donors (Lipinski definition) is 2. The summed E-state index contributed by atoms with van der Waals surface area (Å²) in [7, 11) is 0. The number of aromatic nitrogens is 6. The summed E-state index contributed by atoms with van der Waals surface area (Å²) in [4.78, 5) is 53.1. The quantitative estimate of drug-likeness (QED) is 0.227. The number of nitrogens with zero attached hydrogens (tertiary/aromatic N) is 7. The number of benzene rings is 3. The number of halogens is 1. The topological polar surface area (TPSA) is 140 Å². The molecule has 4 heterocycles. The zero-order chi connectivity index (χ0) is 35.1. The number of amides is 2. The first kappa shape index (κ1) is 33.1. The van der Waals surface area contributed by atoms with Gasteiger partial charge in [-0.15, -0.1) is 0 Å². The number of rotatable bonds is 8. The van der Waals surface area contributed by atoms with E-state index in [1.807, 2.05) is 56.3 Å². The van der Waals surface area contributed by atoms with E-state index in [1.165, 1.54) is 4.57 Å². The van der Waals surface area contributed by atoms with Gasteiger partial charge >= 0.3 is 5.69 Å². The molecule has 50 heavy (non-hydrogen) atoms. The largest absolute Gasteiger partial charge is 0.391 e. The lowest BCUT2D eigenvalue weighted by molar-refractivity contribution is 0.0610. The average molecular weight is 736 g/mol. The van der Waals surface area contributed by atoms with Crippen molar-refractivity contribution in [2.75, 3.05) is 0 Å². The second kappa shape index (κ2) is 13.5. The number of aliphatic hydroxyl groups is 1. The lowest BCUT2D eigenvalue weighted by Gasteiger charge is -2.34. The molecule has 0 saturated carbocycles. The number of imidazole rings is 1. The summed E-state index contributed by atoms with van der Waals surface area (Å²) in [5.41, 5.74) is 4.42. The smallest absolute Gasteiger partial charge is 0.333 e. The molecule has 0 spiro atoms. The maximum Gasteiger partial charge on any atom is 0.333 e. The molecule has 3 aromatic heterocycles. The van der Waals surface area contributed by atoms with Gasteiger partial charge in [0.15, 0.2) is 5.82 Å². The van der Waals surface area contributed by atoms with Gasteiger partial charge in [0.25, 0.3) is 11.8 Å². The molecule has 3 aromatic carbocycles. The van der Waals surface area contributed by atoms with Crippen molar-refractivity contribution in [2.24, 2.45) is 0 Å². The van der Waals surface area contributed by atoms with Crippen molar-refractivity contribution in [3.8, 4) is 17.1 Å². The van der Waals surface area contributed by atoms with E-state index in [0.717, 1.165) is 26.5 Å². The molecule has 0 bridgehead atoms. The summed E-state index contributed by atoms with van der Waals surface area (Å²) in [5, 5.41) is 18.2. The number of hydrogen-bond acceptors (Lipinski definition) is 7. The van der Waals surface area contributed by atoms with Crippen molar-refractivity contribution >= 4 is 38.6 Å². The SMILES string of the molecule is Cc1cc(C(=O)N2Cc3c(C(=O)NCc4ccccc4-c4ncccn4)n(-c4ccc5nn(C[C@@H](C)O)cc5c4)c(=O)n3C[C@H]2C)ccc1Br. The number of aryl methyl sites for hydroxylation is 1. The minimum Gasteiger partial charge on any atom is -0.391 e. The standard InChI is InChI=1S/C37H35BrN8O4/c1-22-15-25(9-11-30(22)38)36(49)44-21-32-33(35(48)41-17-26-7-4-5-8-29(26)34-39-13-6-14-40-34)46(37(50)45(32)18-23(44)2)28-10-12-31-27(16-28)20-43(42-31)19-24(3)47/h4-16,20,23-24,47H,17-19,21H2,1-3H3,(H,41,48)/t23-,24-/m1/s1. The Balaban J connectivity index is 1.30. The van der Waals surface area contributed by atoms with Crippen LogP contribution in [0.5, 0.6) is 0 Å². The van der Waals surface area contributed by atoms with Crippen LogP contribution in [-0.2, 0) is 26.2 Å². The van der Waals surface area contributed by atoms with Gasteiger partial charge < -0.3 is 15.3 Å². The minimum absolute atomic E-state index is 0.0586. The van der Waals surface area contributed by atoms with Crippen molar-refractivity contribution < 1.29 is 14.7 Å². The van der Waals surface area contributed by atoms with Gasteiger partial charge in [0.05, 0.1) is 36.1 Å². The lowest BCUT2D eigenvalue weighted by Crippen LogP contribution is -2.47. The Morgan fingerprint density at radius 1 is 1.06 bits per heavy atom. The Labute approximate surface area is 296 Å². The van der Waals surface area contributed by atoms with Crippen LogP contribution in [0.4, 0.5) is 0 Å². The summed E-state index contributed by atoms with van der Waals surface area (Å²) < 4.78 is 5.58. The molecule has 7 rings (SSSR count). The zero-order valence-electron chi connectivity index (χ0n) is 27.7. The highest BCUT2D eigenvalue weighted by atomic mass is 79.9. The van der Waals surface area contributed by atoms with E-state index in [4.69, 9.17) is 0 Å². The Morgan fingerprint density at radius 2 is 1.84 bits per heavy atom. The maximum atomic E-state index is 14.4. The predicted molar refractivity (Wildman–Crippen MR) is 192 cm³/mol. The fourth-order valence-electron chi connectivity index (χ4n) is 6.46. The van der Waals surface area contributed by atoms with Crippen LogP contribution in [0.25, 0.3) is 28.0 Å². The van der Waals surface area contributed by atoms with E-state index in [2.05, 4.69) is 36.3 Å². The molecule has 0 unspecified atom stereocenters. The first-order valence-electron chi connectivity index (χ1n) is 16.3. The Bertz CT molecular complexity index is 2310. The van der Waals surface area contributed by atoms with Crippen LogP contribution < -0.4 is 11.0 Å². The van der Waals surface area contributed by atoms with E-state index in [1.54, 1.807) is 63.9 Å². The molecule has 2 N–H and O–H groups in total. The second-order valence-electron chi connectivity index (χ2n) is 12.6. The number of nitrogens with one attached hydrogen (secondary N) is 1. The molecule has 1 aliphatic heterocycles. The molecule has 0 radical (unpaired) electrons. The lowest BCUT2D eigenvalue weighted by atomic mass is 10.1. The van der Waals surface area contributed by atoms with E-state index in [-0.39, 0.29) is 43.0 Å². The molecule has 6 aromatic rings. The number of fused-ring (bicyclic) bond motifs is 2. The fraction of sp³-hybridized carbons (Fsp3) is 0.243. The molecule has 13 heteroatoms. The van der Waals surface area contributed by atoms with E-state index in [9.17, 15) is 19.5 Å². The Kier molecular flexibility index (Phi) is 8.93. The molecule has 12 nitrogen and oxygen atoms in total. The van der Waals surface area contributed by atoms with Crippen LogP contribution in [0.3, 0.4) is 0 Å². The van der Waals surface area contributed by atoms with Crippen molar-refractivity contribution in [3.05, 3.63) is 128 Å². The van der Waals surface area contributed by atoms with Gasteiger partial charge in [-0.05, 0) is 74.4 Å². The first-order chi connectivity index (χ1) is 24.1. The molecule has 2 amide bonds. The summed E-state index contributed by atoms with van der Waals surface area (Å²) in [6.45, 7) is 6.25. The van der Waals surface area contributed by atoms with Crippen LogP contribution in [0, 0.1) is 6.92 Å². The average Bonchev–Trinajstić information content (AvgIpc) is 3.64. The van der Waals surface area contributed by atoms with Gasteiger partial charge in [0.2, 0.25) is 0 Å². The zero-order valence-corrected chi connectivity index (χ0v) is 29.3. The molecular formula is C37H35BrN8O4. The van der Waals surface area contributed by atoms with Crippen molar-refractivity contribution in [1.82, 2.24) is 39.1 Å². The molecule has 1 aliphatic rings. The Hall–Kier alpha value is -5.40. The third kappa shape index (κ3) is 6.25. The van der Waals surface area contributed by atoms with Crippen molar-refractivity contribution in [3.63, 3.8) is 0 Å². The monoisotopic (exact) mass is 734 g/mol. The van der Waals surface area contributed by atoms with Crippen molar-refractivity contribution in [2.45, 2.75) is 59.1 Å². The van der Waals surface area contributed by atoms with Crippen molar-refractivity contribution in [1.29, 1.82) is 0 Å². The highest BCUT2D eigenvalue weighted by Crippen LogP contribution is 2.27. The summed E-state index contributed by atoms with van der Waals surface area (Å²) >= 11 is 3.51. The molecular weight excluding hydrogens is 700 g/mol. The van der Waals surface area contributed by atoms with E-state index >= 15 is 0 Å². The molecule has 0 saturated heterocycles. The molecule has 254 valence electrons. The third-order valence-corrected chi connectivity index (χ3v) is 9.82. The van der Waals surface area contributed by atoms with E-state index < -0.39 is 12.0 Å². The van der Waals surface area contributed by atoms with Gasteiger partial charge in [0, 0.05) is 58.7 Å². The predicted octanol–water partition coefficient (Wildman–Crippen LogP) is 4.87. The van der Waals surface area contributed by atoms with Gasteiger partial charge in [-0.1, -0.05) is 40.2 Å². The maximum absolute atomic E-state index is 14.4. The number of carbonyl (C=O) groups is 2. The van der Waals surface area contributed by atoms with Gasteiger partial charge in [-0.2, -0.15) is 5.10 Å². The van der Waals surface area contributed by atoms with Crippen LogP contribution in [0.15, 0.2) is 94.6 Å². The van der Waals surface area contributed by atoms with Gasteiger partial charge in [-0.25, -0.2) is 14.8 Å². The highest BCUT2D eigenvalue weighted by Gasteiger charge is 2.35. The Morgan fingerprint density at radius 3 is 2.60 bits per heavy atom.